The third kappa shape index (κ3) is 3.18. The average Bonchev–Trinajstić information content (AvgIpc) is 2.98. The van der Waals surface area contributed by atoms with E-state index in [0.717, 1.165) is 0 Å². The molecule has 0 saturated heterocycles. The van der Waals surface area contributed by atoms with Crippen LogP contribution in [-0.4, -0.2) is 57.4 Å². The predicted octanol–water partition coefficient (Wildman–Crippen LogP) is 0.0948. The maximum atomic E-state index is 12.1. The molecule has 20 heavy (non-hydrogen) atoms. The Morgan fingerprint density at radius 2 is 1.90 bits per heavy atom. The van der Waals surface area contributed by atoms with Crippen molar-refractivity contribution in [3.8, 4) is 0 Å². The Kier molecular flexibility index (Phi) is 4.08. The molecule has 1 amide bonds. The third-order valence-electron chi connectivity index (χ3n) is 2.58. The van der Waals surface area contributed by atoms with E-state index in [0.29, 0.717) is 23.8 Å². The van der Waals surface area contributed by atoms with Crippen molar-refractivity contribution < 1.29 is 13.8 Å². The van der Waals surface area contributed by atoms with Crippen LogP contribution in [0.15, 0.2) is 9.05 Å². The van der Waals surface area contributed by atoms with Crippen LogP contribution in [0.25, 0.3) is 0 Å². The van der Waals surface area contributed by atoms with Gasteiger partial charge in [-0.3, -0.25) is 4.79 Å². The maximum Gasteiger partial charge on any atom is 0.311 e. The van der Waals surface area contributed by atoms with Crippen molar-refractivity contribution in [2.75, 3.05) is 21.1 Å². The highest BCUT2D eigenvalue weighted by atomic mass is 16.6. The molecule has 0 radical (unpaired) electrons. The van der Waals surface area contributed by atoms with Gasteiger partial charge in [0.05, 0.1) is 13.1 Å². The van der Waals surface area contributed by atoms with Gasteiger partial charge in [-0.05, 0) is 21.0 Å². The molecule has 2 rings (SSSR count). The fourth-order valence-electron chi connectivity index (χ4n) is 1.53. The SMILES string of the molecule is Cc1nonc1CN(C)C(=O)c1nnc(CN(C)C)o1. The van der Waals surface area contributed by atoms with Crippen molar-refractivity contribution in [2.45, 2.75) is 20.0 Å². The van der Waals surface area contributed by atoms with Crippen LogP contribution in [0.3, 0.4) is 0 Å². The van der Waals surface area contributed by atoms with Crippen molar-refractivity contribution in [2.24, 2.45) is 0 Å². The van der Waals surface area contributed by atoms with E-state index in [1.807, 2.05) is 19.0 Å². The minimum atomic E-state index is -0.370. The first-order valence-electron chi connectivity index (χ1n) is 5.98. The summed E-state index contributed by atoms with van der Waals surface area (Å²) in [6, 6.07) is 0. The molecule has 0 atom stereocenters. The van der Waals surface area contributed by atoms with E-state index in [2.05, 4.69) is 25.1 Å². The quantitative estimate of drug-likeness (QED) is 0.759. The number of aryl methyl sites for hydroxylation is 1. The van der Waals surface area contributed by atoms with Crippen LogP contribution in [0.4, 0.5) is 0 Å². The Hall–Kier alpha value is -2.29. The average molecular weight is 280 g/mol. The fourth-order valence-corrected chi connectivity index (χ4v) is 1.53. The van der Waals surface area contributed by atoms with Crippen molar-refractivity contribution in [3.63, 3.8) is 0 Å². The highest BCUT2D eigenvalue weighted by Gasteiger charge is 2.21. The molecule has 0 saturated carbocycles. The van der Waals surface area contributed by atoms with E-state index in [1.54, 1.807) is 14.0 Å². The smallest absolute Gasteiger partial charge is 0.311 e. The molecular weight excluding hydrogens is 264 g/mol. The number of carbonyl (C=O) groups is 1. The van der Waals surface area contributed by atoms with Gasteiger partial charge >= 0.3 is 11.8 Å². The molecule has 108 valence electrons. The van der Waals surface area contributed by atoms with Gasteiger partial charge in [0.1, 0.15) is 11.4 Å². The van der Waals surface area contributed by atoms with Crippen LogP contribution in [0, 0.1) is 6.92 Å². The summed E-state index contributed by atoms with van der Waals surface area (Å²) in [6.07, 6.45) is 0. The number of amides is 1. The Morgan fingerprint density at radius 1 is 1.15 bits per heavy atom. The summed E-state index contributed by atoms with van der Waals surface area (Å²) in [7, 11) is 5.36. The highest BCUT2D eigenvalue weighted by molar-refractivity contribution is 5.89. The van der Waals surface area contributed by atoms with Crippen molar-refractivity contribution in [1.82, 2.24) is 30.3 Å². The van der Waals surface area contributed by atoms with Crippen molar-refractivity contribution in [1.29, 1.82) is 0 Å². The minimum Gasteiger partial charge on any atom is -0.415 e. The van der Waals surface area contributed by atoms with Crippen LogP contribution >= 0.6 is 0 Å². The van der Waals surface area contributed by atoms with E-state index in [9.17, 15) is 4.79 Å². The molecule has 0 aliphatic carbocycles. The topological polar surface area (TPSA) is 101 Å². The molecule has 0 aromatic carbocycles. The summed E-state index contributed by atoms with van der Waals surface area (Å²) >= 11 is 0. The summed E-state index contributed by atoms with van der Waals surface area (Å²) < 4.78 is 9.90. The first kappa shape index (κ1) is 14.1. The number of aromatic nitrogens is 4. The number of carbonyl (C=O) groups excluding carboxylic acids is 1. The lowest BCUT2D eigenvalue weighted by molar-refractivity contribution is 0.0739. The summed E-state index contributed by atoms with van der Waals surface area (Å²) in [6.45, 7) is 2.50. The summed E-state index contributed by atoms with van der Waals surface area (Å²) in [5.74, 6) is -0.0191. The Labute approximate surface area is 115 Å². The lowest BCUT2D eigenvalue weighted by atomic mass is 10.3. The molecule has 0 aliphatic heterocycles. The molecule has 9 nitrogen and oxygen atoms in total. The molecule has 2 aromatic rings. The summed E-state index contributed by atoms with van der Waals surface area (Å²) in [4.78, 5) is 15.4. The van der Waals surface area contributed by atoms with Crippen LogP contribution in [0.5, 0.6) is 0 Å². The van der Waals surface area contributed by atoms with Gasteiger partial charge in [-0.2, -0.15) is 0 Å². The lowest BCUT2D eigenvalue weighted by Gasteiger charge is -2.12. The Morgan fingerprint density at radius 3 is 2.50 bits per heavy atom. The van der Waals surface area contributed by atoms with Crippen LogP contribution in [-0.2, 0) is 13.1 Å². The highest BCUT2D eigenvalue weighted by Crippen LogP contribution is 2.09. The number of nitrogens with zero attached hydrogens (tertiary/aromatic N) is 6. The molecule has 2 aromatic heterocycles. The zero-order valence-electron chi connectivity index (χ0n) is 11.8. The molecule has 0 spiro atoms. The van der Waals surface area contributed by atoms with Gasteiger partial charge in [0.25, 0.3) is 0 Å². The molecule has 0 bridgehead atoms. The monoisotopic (exact) mass is 280 g/mol. The standard InChI is InChI=1S/C11H16N6O3/c1-7-8(15-20-14-7)5-17(4)11(18)10-13-12-9(19-10)6-16(2)3/h5-6H2,1-4H3. The van der Waals surface area contributed by atoms with Gasteiger partial charge in [-0.1, -0.05) is 10.3 Å². The van der Waals surface area contributed by atoms with E-state index in [4.69, 9.17) is 4.42 Å². The van der Waals surface area contributed by atoms with Gasteiger partial charge in [0.2, 0.25) is 5.89 Å². The van der Waals surface area contributed by atoms with Crippen molar-refractivity contribution >= 4 is 5.91 Å². The van der Waals surface area contributed by atoms with Gasteiger partial charge in [-0.15, -0.1) is 10.2 Å². The predicted molar refractivity (Wildman–Crippen MR) is 66.5 cm³/mol. The second kappa shape index (κ2) is 5.78. The molecular formula is C11H16N6O3. The van der Waals surface area contributed by atoms with Crippen LogP contribution < -0.4 is 0 Å². The first-order chi connectivity index (χ1) is 9.47. The summed E-state index contributed by atoms with van der Waals surface area (Å²) in [5, 5.41) is 15.0. The second-order valence-corrected chi connectivity index (χ2v) is 4.70. The van der Waals surface area contributed by atoms with Gasteiger partial charge in [-0.25, -0.2) is 4.63 Å². The zero-order valence-corrected chi connectivity index (χ0v) is 11.8. The van der Waals surface area contributed by atoms with Gasteiger partial charge < -0.3 is 14.2 Å². The normalized spacial score (nSPS) is 11.1. The fraction of sp³-hybridized carbons (Fsp3) is 0.545. The molecule has 0 N–H and O–H groups in total. The van der Waals surface area contributed by atoms with Gasteiger partial charge in [0.15, 0.2) is 0 Å². The first-order valence-corrected chi connectivity index (χ1v) is 5.98. The Balaban J connectivity index is 2.03. The second-order valence-electron chi connectivity index (χ2n) is 4.70. The molecule has 0 aliphatic rings. The molecule has 2 heterocycles. The molecule has 9 heteroatoms. The maximum absolute atomic E-state index is 12.1. The minimum absolute atomic E-state index is 0.0431. The van der Waals surface area contributed by atoms with Crippen molar-refractivity contribution in [3.05, 3.63) is 23.2 Å². The Bertz CT molecular complexity index is 591. The molecule has 0 unspecified atom stereocenters. The van der Waals surface area contributed by atoms with E-state index >= 15 is 0 Å². The van der Waals surface area contributed by atoms with Crippen LogP contribution in [0.2, 0.25) is 0 Å². The largest absolute Gasteiger partial charge is 0.415 e. The number of rotatable bonds is 5. The lowest BCUT2D eigenvalue weighted by Crippen LogP contribution is -2.27. The molecule has 0 fully saturated rings. The van der Waals surface area contributed by atoms with Gasteiger partial charge in [0, 0.05) is 7.05 Å². The van der Waals surface area contributed by atoms with E-state index in [1.165, 1.54) is 4.90 Å². The number of hydrogen-bond acceptors (Lipinski definition) is 8. The third-order valence-corrected chi connectivity index (χ3v) is 2.58. The summed E-state index contributed by atoms with van der Waals surface area (Å²) in [5.41, 5.74) is 1.23. The van der Waals surface area contributed by atoms with E-state index < -0.39 is 0 Å². The van der Waals surface area contributed by atoms with Crippen LogP contribution in [0.1, 0.15) is 28.0 Å². The van der Waals surface area contributed by atoms with E-state index in [-0.39, 0.29) is 18.3 Å². The number of hydrogen-bond donors (Lipinski definition) is 0. The zero-order chi connectivity index (χ0) is 14.7.